The van der Waals surface area contributed by atoms with Gasteiger partial charge in [0.05, 0.1) is 30.9 Å². The lowest BCUT2D eigenvalue weighted by Gasteiger charge is -2.38. The molecule has 137 heavy (non-hydrogen) atoms. The maximum absolute atomic E-state index is 15.8. The number of primary amides is 1. The van der Waals surface area contributed by atoms with Crippen LogP contribution in [0.4, 0.5) is 13.2 Å². The second-order valence-corrected chi connectivity index (χ2v) is 35.7. The number of para-hydroxylation sites is 1. The Bertz CT molecular complexity index is 5490. The highest BCUT2D eigenvalue weighted by Crippen LogP contribution is 2.29. The third-order valence-corrected chi connectivity index (χ3v) is 25.2. The number of unbranched alkanes of at least 4 members (excludes halogenated alkanes) is 1. The zero-order chi connectivity index (χ0) is 99.8. The Labute approximate surface area is 791 Å². The van der Waals surface area contributed by atoms with E-state index in [4.69, 9.17) is 11.5 Å². The van der Waals surface area contributed by atoms with Gasteiger partial charge in [-0.2, -0.15) is 0 Å². The predicted molar refractivity (Wildman–Crippen MR) is 493 cm³/mol. The molecule has 15 amide bonds. The molecule has 1 aromatic heterocycles. The standard InChI is InChI=1S/C95H116F3N17O21S/c1-7-8-23-73-94(135)115-48-61(119)43-76(115)90(131)107-69(44-80(122)123)87(128)110-82(51(2)3)95(136)112(5)74(39-52-17-11-9-12-18-52)88(129)108-71(37-55-26-30-59(117)31-27-55)92(133)114-47-60(118)42-75(114)89(130)106-68(41-57-45-101-65-22-16-15-21-62(57)65)86(127)105-67(36-54-24-28-58(116)29-25-54)85(126)104-66(32-33-99)84(125)109-72(83(124)102-46-78(100)120)49-137-50-79(121)103-70(38-56-34-63(96)81(98)64(97)35-56)91(132)113(6)77(93(134)111(73)4)40-53-19-13-10-14-20-53/h9-22,24-31,34-35,45,51,60-61,66-77,82,101,116-119H,7-8,23,32-33,36-44,46-50,99H2,1-6H3,(H2,100,120)(H,102,124)(H,103,121)(H,104,126)(H,105,127)(H,106,130)(H,107,131)(H,108,129)(H,109,125)(H,110,128)(H,122,123)/t60-,61-,66+,67+,68+,69+,70+,71+,72+,73+,74+,75-,76-,77+,82+/m1/s1. The number of amides is 15. The van der Waals surface area contributed by atoms with E-state index in [-0.39, 0.29) is 50.1 Å². The van der Waals surface area contributed by atoms with E-state index in [2.05, 4.69) is 52.8 Å². The molecular weight excluding hydrogens is 1800 g/mol. The number of phenolic OH excluding ortho intramolecular Hbond substituents is 2. The number of phenols is 2. The third-order valence-electron chi connectivity index (χ3n) is 24.2. The van der Waals surface area contributed by atoms with Gasteiger partial charge in [0.15, 0.2) is 17.5 Å². The number of benzene rings is 6. The fourth-order valence-electron chi connectivity index (χ4n) is 16.7. The minimum absolute atomic E-state index is 0.146. The van der Waals surface area contributed by atoms with Gasteiger partial charge in [0.2, 0.25) is 88.6 Å². The topological polar surface area (TPSA) is 567 Å². The van der Waals surface area contributed by atoms with E-state index >= 15 is 51.9 Å². The smallest absolute Gasteiger partial charge is 0.305 e. The zero-order valence-electron chi connectivity index (χ0n) is 76.3. The number of carboxylic acids is 1. The SMILES string of the molecule is CCCC[C@H]1C(=O)N2C[C@H](O)C[C@@H]2C(=O)N[C@@H](CC(=O)O)C(=O)N[C@@H](C(C)C)C(=O)N(C)[C@@H](Cc2ccccc2)C(=O)N[C@@H](Cc2ccc(O)cc2)C(=O)N2C[C@H](O)C[C@@H]2C(=O)N[C@@H](Cc2c[nH]c3ccccc23)C(=O)N[C@@H](Cc2ccc(O)cc2)C(=O)N[C@@H](CCN)C(=O)N[C@H](C(=O)NCC(N)=O)CSCC(=O)N[C@@H](Cc2cc(F)c(F)c(F)c2)C(=O)N(C)[C@@H](Cc2ccccc2)C(=O)N1C. The Kier molecular flexibility index (Phi) is 37.6. The van der Waals surface area contributed by atoms with E-state index in [1.807, 2.05) is 0 Å². The van der Waals surface area contributed by atoms with Crippen molar-refractivity contribution in [2.75, 3.05) is 58.8 Å². The first-order valence-electron chi connectivity index (χ1n) is 44.8. The maximum atomic E-state index is 15.8. The van der Waals surface area contributed by atoms with Crippen molar-refractivity contribution in [1.29, 1.82) is 0 Å². The highest BCUT2D eigenvalue weighted by Gasteiger charge is 2.48. The Morgan fingerprint density at radius 2 is 0.964 bits per heavy atom. The number of aromatic hydroxyl groups is 2. The molecule has 4 heterocycles. The van der Waals surface area contributed by atoms with Gasteiger partial charge in [-0.25, -0.2) is 13.2 Å². The van der Waals surface area contributed by atoms with E-state index in [0.29, 0.717) is 69.0 Å². The number of H-pyrrole nitrogens is 1. The highest BCUT2D eigenvalue weighted by atomic mass is 32.2. The second kappa shape index (κ2) is 49.0. The number of carboxylic acid groups (broad SMARTS) is 1. The van der Waals surface area contributed by atoms with Gasteiger partial charge in [-0.3, -0.25) is 76.7 Å². The molecule has 3 aliphatic rings. The van der Waals surface area contributed by atoms with Gasteiger partial charge < -0.3 is 114 Å². The van der Waals surface area contributed by atoms with Crippen LogP contribution in [-0.2, 0) is 115 Å². The Hall–Kier alpha value is -14.0. The zero-order valence-corrected chi connectivity index (χ0v) is 77.1. The molecule has 42 heteroatoms. The molecule has 7 aromatic rings. The number of halogens is 3. The van der Waals surface area contributed by atoms with Gasteiger partial charge in [-0.15, -0.1) is 11.8 Å². The quantitative estimate of drug-likeness (QED) is 0.0376. The number of rotatable bonds is 23. The summed E-state index contributed by atoms with van der Waals surface area (Å²) in [5.41, 5.74) is 13.6. The number of hydrogen-bond donors (Lipinski definition) is 17. The molecule has 3 saturated heterocycles. The lowest BCUT2D eigenvalue weighted by molar-refractivity contribution is -0.152. The second-order valence-electron chi connectivity index (χ2n) is 34.7. The fourth-order valence-corrected chi connectivity index (χ4v) is 17.6. The molecule has 19 N–H and O–H groups in total. The summed E-state index contributed by atoms with van der Waals surface area (Å²) in [7, 11) is 3.60. The number of fused-ring (bicyclic) bond motifs is 3. The van der Waals surface area contributed by atoms with Crippen molar-refractivity contribution in [2.45, 2.75) is 195 Å². The summed E-state index contributed by atoms with van der Waals surface area (Å²) >= 11 is 0.624. The summed E-state index contributed by atoms with van der Waals surface area (Å²) in [6, 6.07) is 12.7. The van der Waals surface area contributed by atoms with Crippen LogP contribution >= 0.6 is 11.8 Å². The van der Waals surface area contributed by atoms with Crippen LogP contribution < -0.4 is 59.3 Å². The Balaban J connectivity index is 1.06. The van der Waals surface area contributed by atoms with Crippen molar-refractivity contribution >= 4 is 117 Å². The van der Waals surface area contributed by atoms with Crippen LogP contribution in [0.15, 0.2) is 152 Å². The van der Waals surface area contributed by atoms with Gasteiger partial charge in [-0.05, 0) is 101 Å². The van der Waals surface area contributed by atoms with Crippen molar-refractivity contribution in [3.8, 4) is 11.5 Å². The highest BCUT2D eigenvalue weighted by molar-refractivity contribution is 8.00. The number of carbonyl (C=O) groups is 16. The summed E-state index contributed by atoms with van der Waals surface area (Å²) in [5, 5.41) is 78.0. The average Bonchev–Trinajstić information content (AvgIpc) is 1.72. The number of nitrogens with one attached hydrogen (secondary N) is 10. The first-order valence-corrected chi connectivity index (χ1v) is 45.9. The van der Waals surface area contributed by atoms with Crippen molar-refractivity contribution in [1.82, 2.24) is 77.3 Å². The number of aliphatic hydroxyl groups is 2. The van der Waals surface area contributed by atoms with E-state index < -0.39 is 290 Å². The summed E-state index contributed by atoms with van der Waals surface area (Å²) in [6.45, 7) is 2.50. The first-order chi connectivity index (χ1) is 65.2. The number of nitrogens with two attached hydrogens (primary N) is 2. The number of aromatic nitrogens is 1. The van der Waals surface area contributed by atoms with Crippen LogP contribution in [0.3, 0.4) is 0 Å². The largest absolute Gasteiger partial charge is 0.508 e. The monoisotopic (exact) mass is 1920 g/mol. The van der Waals surface area contributed by atoms with Crippen molar-refractivity contribution < 1.29 is 115 Å². The number of carbonyl (C=O) groups excluding carboxylic acids is 15. The molecule has 0 spiro atoms. The normalized spacial score (nSPS) is 24.3. The van der Waals surface area contributed by atoms with E-state index in [1.54, 1.807) is 98.0 Å². The summed E-state index contributed by atoms with van der Waals surface area (Å²) in [4.78, 5) is 246. The van der Waals surface area contributed by atoms with Crippen LogP contribution in [0.5, 0.6) is 11.5 Å². The minimum atomic E-state index is -2.06. The molecule has 38 nitrogen and oxygen atoms in total. The molecule has 0 radical (unpaired) electrons. The molecule has 3 fully saturated rings. The molecular formula is C95H116F3N17O21S. The predicted octanol–water partition coefficient (Wildman–Crippen LogP) is 0.0534. The van der Waals surface area contributed by atoms with Crippen LogP contribution in [0.1, 0.15) is 99.1 Å². The molecule has 10 rings (SSSR count). The van der Waals surface area contributed by atoms with Gasteiger partial charge >= 0.3 is 5.97 Å². The number of aliphatic carboxylic acids is 1. The number of hydrogen-bond acceptors (Lipinski definition) is 22. The van der Waals surface area contributed by atoms with Crippen LogP contribution in [0, 0.1) is 23.4 Å². The lowest BCUT2D eigenvalue weighted by atomic mass is 9.98. The number of nitrogens with zero attached hydrogens (tertiary/aromatic N) is 5. The van der Waals surface area contributed by atoms with E-state index in [9.17, 15) is 63.5 Å². The summed E-state index contributed by atoms with van der Waals surface area (Å²) in [6.07, 6.45) is -6.04. The molecule has 3 aliphatic heterocycles. The average molecular weight is 1920 g/mol. The molecule has 0 unspecified atom stereocenters. The number of thioether (sulfide) groups is 1. The molecule has 0 saturated carbocycles. The Morgan fingerprint density at radius 1 is 0.496 bits per heavy atom. The minimum Gasteiger partial charge on any atom is -0.508 e. The van der Waals surface area contributed by atoms with Crippen LogP contribution in [0.2, 0.25) is 0 Å². The first kappa shape index (κ1) is 105. The molecule has 6 aromatic carbocycles. The number of aromatic amines is 1. The molecule has 0 bridgehead atoms. The number of likely N-dealkylation sites (N-methyl/N-ethyl adjacent to an activating group) is 3. The molecule has 734 valence electrons. The van der Waals surface area contributed by atoms with Gasteiger partial charge in [-0.1, -0.05) is 137 Å². The van der Waals surface area contributed by atoms with Gasteiger partial charge in [0.1, 0.15) is 90.0 Å². The molecule has 0 aliphatic carbocycles. The molecule has 15 atom stereocenters. The summed E-state index contributed by atoms with van der Waals surface area (Å²) < 4.78 is 45.1. The van der Waals surface area contributed by atoms with E-state index in [1.165, 1.54) is 76.5 Å². The van der Waals surface area contributed by atoms with Gasteiger partial charge in [0, 0.05) is 108 Å². The van der Waals surface area contributed by atoms with E-state index in [0.717, 1.165) is 31.5 Å². The fraction of sp³-hybridized carbons (Fsp3) is 0.432. The van der Waals surface area contributed by atoms with Crippen molar-refractivity contribution in [3.05, 3.63) is 203 Å². The van der Waals surface area contributed by atoms with Crippen molar-refractivity contribution in [3.63, 3.8) is 0 Å². The van der Waals surface area contributed by atoms with Crippen molar-refractivity contribution in [2.24, 2.45) is 17.4 Å². The maximum Gasteiger partial charge on any atom is 0.305 e. The van der Waals surface area contributed by atoms with Crippen LogP contribution in [0.25, 0.3) is 10.9 Å². The Morgan fingerprint density at radius 3 is 1.52 bits per heavy atom. The lowest BCUT2D eigenvalue weighted by Crippen LogP contribution is -2.62. The van der Waals surface area contributed by atoms with Crippen LogP contribution in [-0.4, -0.2) is 299 Å². The number of aliphatic hydroxyl groups excluding tert-OH is 2. The summed E-state index contributed by atoms with van der Waals surface area (Å²) in [5.74, 6) is -25.5. The third kappa shape index (κ3) is 28.6. The van der Waals surface area contributed by atoms with Gasteiger partial charge in [0.25, 0.3) is 0 Å².